The number of hydrogen-bond acceptors (Lipinski definition) is 8. The van der Waals surface area contributed by atoms with Crippen molar-refractivity contribution in [3.63, 3.8) is 0 Å². The van der Waals surface area contributed by atoms with Crippen molar-refractivity contribution >= 4 is 21.8 Å². The molecule has 5 heterocycles. The van der Waals surface area contributed by atoms with Gasteiger partial charge in [0.15, 0.2) is 12.2 Å². The molecule has 5 aromatic heterocycles. The van der Waals surface area contributed by atoms with Crippen LogP contribution in [0.2, 0.25) is 0 Å². The fraction of sp³-hybridized carbons (Fsp3) is 0. The molecule has 0 N–H and O–H groups in total. The van der Waals surface area contributed by atoms with Gasteiger partial charge >= 0.3 is 42.1 Å². The van der Waals surface area contributed by atoms with Crippen molar-refractivity contribution in [3.05, 3.63) is 159 Å². The van der Waals surface area contributed by atoms with Crippen molar-refractivity contribution < 1.29 is 56.0 Å². The minimum Gasteiger partial charge on any atom is -0.503 e. The summed E-state index contributed by atoms with van der Waals surface area (Å²) in [6.07, 6.45) is 9.88. The van der Waals surface area contributed by atoms with Crippen LogP contribution in [0.5, 0.6) is 23.0 Å². The molecular weight excluding hydrogens is 1010 g/mol. The first-order valence-electron chi connectivity index (χ1n) is 15.6. The molecule has 4 aromatic carbocycles. The summed E-state index contributed by atoms with van der Waals surface area (Å²) in [5, 5.41) is 1.82. The molecule has 9 aromatic rings. The third-order valence-electron chi connectivity index (χ3n) is 7.95. The van der Waals surface area contributed by atoms with Gasteiger partial charge in [-0.05, 0) is 23.5 Å². The topological polar surface area (TPSA) is 101 Å². The average Bonchev–Trinajstić information content (AvgIpc) is 3.83. The number of fused-ring (bicyclic) bond motifs is 3. The first-order valence-corrected chi connectivity index (χ1v) is 15.6. The standard InChI is InChI=1S/C41H22N6O3.2Pt/c1-3-17-43-36(11-1)27-7-5-9-30(19-27)49-32-13-15-34-35-16-14-33(50-31-10-6-8-28(20-31)37-12-2-4-18-44-37)22-39(35)47(38(34)21-32)41-45-23-29(24-46-41)40-25-42-26-48-40;;/h1-18,23-26H;;/q-4;2*+2. The van der Waals surface area contributed by atoms with E-state index in [0.717, 1.165) is 33.3 Å². The number of benzene rings is 4. The second-order valence-corrected chi connectivity index (χ2v) is 11.1. The summed E-state index contributed by atoms with van der Waals surface area (Å²) < 4.78 is 19.9. The van der Waals surface area contributed by atoms with Crippen LogP contribution in [0.3, 0.4) is 0 Å². The smallest absolute Gasteiger partial charge is 0.503 e. The molecule has 0 atom stereocenters. The number of ether oxygens (including phenoxy) is 2. The summed E-state index contributed by atoms with van der Waals surface area (Å²) in [6.45, 7) is 0. The molecule has 254 valence electrons. The van der Waals surface area contributed by atoms with E-state index in [2.05, 4.69) is 39.2 Å². The molecule has 9 rings (SSSR count). The molecule has 11 heteroatoms. The molecule has 0 saturated carbocycles. The van der Waals surface area contributed by atoms with E-state index in [-0.39, 0.29) is 42.1 Å². The Bertz CT molecular complexity index is 2460. The third kappa shape index (κ3) is 6.93. The molecular formula is C41H22N6O3Pt2. The van der Waals surface area contributed by atoms with Crippen LogP contribution in [0.1, 0.15) is 0 Å². The minimum absolute atomic E-state index is 0. The zero-order valence-electron chi connectivity index (χ0n) is 26.7. The Morgan fingerprint density at radius 1 is 0.519 bits per heavy atom. The third-order valence-corrected chi connectivity index (χ3v) is 7.95. The van der Waals surface area contributed by atoms with E-state index in [4.69, 9.17) is 23.9 Å². The van der Waals surface area contributed by atoms with E-state index in [0.29, 0.717) is 51.3 Å². The van der Waals surface area contributed by atoms with E-state index in [1.165, 1.54) is 6.39 Å². The maximum absolute atomic E-state index is 6.30. The number of oxazole rings is 1. The second kappa shape index (κ2) is 15.2. The van der Waals surface area contributed by atoms with Crippen LogP contribution in [0.4, 0.5) is 0 Å². The number of pyridine rings is 2. The maximum Gasteiger partial charge on any atom is 2.00 e. The molecule has 0 bridgehead atoms. The van der Waals surface area contributed by atoms with Crippen LogP contribution < -0.4 is 9.47 Å². The van der Waals surface area contributed by atoms with E-state index in [9.17, 15) is 0 Å². The first-order chi connectivity index (χ1) is 24.7. The molecule has 0 saturated heterocycles. The quantitative estimate of drug-likeness (QED) is 0.139. The van der Waals surface area contributed by atoms with Crippen molar-refractivity contribution in [3.8, 4) is 62.8 Å². The van der Waals surface area contributed by atoms with Gasteiger partial charge in [-0.3, -0.25) is 0 Å². The Balaban J connectivity index is 0.00000210. The summed E-state index contributed by atoms with van der Waals surface area (Å²) in [4.78, 5) is 22.3. The Kier molecular flexibility index (Phi) is 10.2. The van der Waals surface area contributed by atoms with Gasteiger partial charge in [0.1, 0.15) is 0 Å². The minimum atomic E-state index is 0. The van der Waals surface area contributed by atoms with E-state index < -0.39 is 0 Å². The van der Waals surface area contributed by atoms with Crippen LogP contribution in [0.15, 0.2) is 139 Å². The SMILES string of the molecule is [Pt+2].[Pt+2].[c-]1c(Oc2[c-]c3c(cc2)c2ccc(Oc4[c-]c(-c5ccccn5)ccc4)[c-]c2n3-c2ncc(-c3cnco3)cn2)cccc1-c1ccccn1. The van der Waals surface area contributed by atoms with Gasteiger partial charge in [-0.25, -0.2) is 15.0 Å². The van der Waals surface area contributed by atoms with Crippen molar-refractivity contribution in [2.75, 3.05) is 0 Å². The summed E-state index contributed by atoms with van der Waals surface area (Å²) >= 11 is 0. The predicted molar refractivity (Wildman–Crippen MR) is 187 cm³/mol. The zero-order chi connectivity index (χ0) is 33.3. The predicted octanol–water partition coefficient (Wildman–Crippen LogP) is 9.13. The largest absolute Gasteiger partial charge is 2.00 e. The molecule has 52 heavy (non-hydrogen) atoms. The van der Waals surface area contributed by atoms with Gasteiger partial charge in [0.05, 0.1) is 11.8 Å². The molecule has 0 aliphatic rings. The van der Waals surface area contributed by atoms with Crippen molar-refractivity contribution in [2.45, 2.75) is 0 Å². The average molecular weight is 1040 g/mol. The van der Waals surface area contributed by atoms with E-state index in [1.807, 2.05) is 102 Å². The Hall–Kier alpha value is -5.75. The molecule has 0 fully saturated rings. The zero-order valence-corrected chi connectivity index (χ0v) is 31.3. The fourth-order valence-corrected chi connectivity index (χ4v) is 5.66. The fourth-order valence-electron chi connectivity index (χ4n) is 5.66. The summed E-state index contributed by atoms with van der Waals surface area (Å²) in [5.74, 6) is 3.02. The van der Waals surface area contributed by atoms with Crippen LogP contribution in [-0.2, 0) is 42.1 Å². The van der Waals surface area contributed by atoms with Crippen LogP contribution in [0, 0.1) is 24.3 Å². The summed E-state index contributed by atoms with van der Waals surface area (Å²) in [6, 6.07) is 44.2. The Morgan fingerprint density at radius 3 is 1.54 bits per heavy atom. The second-order valence-electron chi connectivity index (χ2n) is 11.1. The molecule has 9 nitrogen and oxygen atoms in total. The molecule has 0 aliphatic heterocycles. The van der Waals surface area contributed by atoms with Crippen LogP contribution >= 0.6 is 0 Å². The van der Waals surface area contributed by atoms with Crippen molar-refractivity contribution in [1.82, 2.24) is 29.5 Å². The van der Waals surface area contributed by atoms with Gasteiger partial charge in [0.2, 0.25) is 5.95 Å². The number of hydrogen-bond donors (Lipinski definition) is 0. The van der Waals surface area contributed by atoms with Gasteiger partial charge < -0.3 is 28.4 Å². The van der Waals surface area contributed by atoms with E-state index in [1.54, 1.807) is 31.0 Å². The van der Waals surface area contributed by atoms with Gasteiger partial charge in [-0.2, -0.15) is 22.9 Å². The van der Waals surface area contributed by atoms with Gasteiger partial charge in [0, 0.05) is 47.8 Å². The maximum atomic E-state index is 6.30. The molecule has 0 unspecified atom stereocenters. The Labute approximate surface area is 326 Å². The van der Waals surface area contributed by atoms with E-state index >= 15 is 0 Å². The number of nitrogens with zero attached hydrogens (tertiary/aromatic N) is 6. The molecule has 0 aliphatic carbocycles. The van der Waals surface area contributed by atoms with Crippen LogP contribution in [-0.4, -0.2) is 29.5 Å². The van der Waals surface area contributed by atoms with Gasteiger partial charge in [0.25, 0.3) is 0 Å². The van der Waals surface area contributed by atoms with Gasteiger partial charge in [-0.15, -0.1) is 71.8 Å². The van der Waals surface area contributed by atoms with Crippen LogP contribution in [0.25, 0.3) is 61.6 Å². The van der Waals surface area contributed by atoms with Crippen molar-refractivity contribution in [2.24, 2.45) is 0 Å². The molecule has 0 amide bonds. The summed E-state index contributed by atoms with van der Waals surface area (Å²) in [7, 11) is 0. The van der Waals surface area contributed by atoms with Crippen molar-refractivity contribution in [1.29, 1.82) is 0 Å². The molecule has 0 radical (unpaired) electrons. The number of rotatable bonds is 8. The molecule has 0 spiro atoms. The first kappa shape index (κ1) is 34.7. The van der Waals surface area contributed by atoms with Gasteiger partial charge in [-0.1, -0.05) is 47.4 Å². The number of aromatic nitrogens is 6. The Morgan fingerprint density at radius 2 is 1.06 bits per heavy atom. The monoisotopic (exact) mass is 1040 g/mol. The normalized spacial score (nSPS) is 10.8. The summed E-state index contributed by atoms with van der Waals surface area (Å²) in [5.41, 5.74) is 5.34.